The van der Waals surface area contributed by atoms with Gasteiger partial charge in [-0.2, -0.15) is 18.3 Å². The SMILES string of the molecule is COC(=O)C(C)C(=O)Nc1c([N+](=O)[O-])cnn1-c1c(Cl)cc(C(F)(F)F)cc1Cl. The van der Waals surface area contributed by atoms with E-state index in [1.807, 2.05) is 0 Å². The molecular formula is C15H11Cl2F3N4O5. The molecule has 9 nitrogen and oxygen atoms in total. The van der Waals surface area contributed by atoms with Gasteiger partial charge in [0, 0.05) is 0 Å². The molecule has 14 heteroatoms. The Labute approximate surface area is 170 Å². The summed E-state index contributed by atoms with van der Waals surface area (Å²) in [5.41, 5.74) is -2.19. The fraction of sp³-hybridized carbons (Fsp3) is 0.267. The van der Waals surface area contributed by atoms with Gasteiger partial charge in [0.05, 0.1) is 27.6 Å². The van der Waals surface area contributed by atoms with Crippen molar-refractivity contribution in [3.63, 3.8) is 0 Å². The lowest BCUT2D eigenvalue weighted by atomic mass is 10.1. The van der Waals surface area contributed by atoms with Crippen LogP contribution in [0.5, 0.6) is 0 Å². The van der Waals surface area contributed by atoms with E-state index >= 15 is 0 Å². The van der Waals surface area contributed by atoms with Crippen LogP contribution in [0.2, 0.25) is 10.0 Å². The number of benzene rings is 1. The van der Waals surface area contributed by atoms with Crippen molar-refractivity contribution in [3.8, 4) is 5.69 Å². The number of hydrogen-bond donors (Lipinski definition) is 1. The third-order valence-electron chi connectivity index (χ3n) is 3.69. The van der Waals surface area contributed by atoms with Gasteiger partial charge in [-0.25, -0.2) is 4.68 Å². The Morgan fingerprint density at radius 1 is 1.31 bits per heavy atom. The number of alkyl halides is 3. The predicted molar refractivity (Wildman–Crippen MR) is 95.1 cm³/mol. The number of esters is 1. The summed E-state index contributed by atoms with van der Waals surface area (Å²) in [6.07, 6.45) is -4.00. The van der Waals surface area contributed by atoms with E-state index < -0.39 is 56.0 Å². The molecule has 2 aromatic rings. The van der Waals surface area contributed by atoms with Crippen molar-refractivity contribution >= 4 is 46.6 Å². The standard InChI is InChI=1S/C15H11Cl2F3N4O5/c1-6(14(26)29-2)13(25)22-12-10(24(27)28)5-21-23(12)11-8(16)3-7(4-9(11)17)15(18,19)20/h3-6H,1-2H3,(H,22,25). The zero-order valence-electron chi connectivity index (χ0n) is 14.6. The first kappa shape index (κ1) is 22.4. The highest BCUT2D eigenvalue weighted by Crippen LogP contribution is 2.39. The number of aromatic nitrogens is 2. The number of rotatable bonds is 5. The number of carbonyl (C=O) groups excluding carboxylic acids is 2. The van der Waals surface area contributed by atoms with Crippen molar-refractivity contribution in [3.05, 3.63) is 44.1 Å². The molecule has 0 saturated carbocycles. The normalized spacial score (nSPS) is 12.4. The highest BCUT2D eigenvalue weighted by Gasteiger charge is 2.34. The van der Waals surface area contributed by atoms with Gasteiger partial charge in [-0.3, -0.25) is 19.7 Å². The quantitative estimate of drug-likeness (QED) is 0.317. The molecule has 1 amide bonds. The van der Waals surface area contributed by atoms with Gasteiger partial charge < -0.3 is 10.1 Å². The van der Waals surface area contributed by atoms with E-state index in [0.717, 1.165) is 13.3 Å². The van der Waals surface area contributed by atoms with E-state index in [2.05, 4.69) is 15.2 Å². The van der Waals surface area contributed by atoms with Gasteiger partial charge >= 0.3 is 17.8 Å². The van der Waals surface area contributed by atoms with Gasteiger partial charge in [-0.1, -0.05) is 23.2 Å². The molecule has 1 unspecified atom stereocenters. The molecule has 156 valence electrons. The average Bonchev–Trinajstić information content (AvgIpc) is 3.02. The number of halogens is 5. The first-order valence-corrected chi connectivity index (χ1v) is 8.31. The molecule has 2 rings (SSSR count). The summed E-state index contributed by atoms with van der Waals surface area (Å²) in [4.78, 5) is 34.1. The van der Waals surface area contributed by atoms with E-state index in [4.69, 9.17) is 23.2 Å². The lowest BCUT2D eigenvalue weighted by Gasteiger charge is -2.15. The summed E-state index contributed by atoms with van der Waals surface area (Å²) in [5.74, 6) is -3.80. The maximum Gasteiger partial charge on any atom is 0.416 e. The van der Waals surface area contributed by atoms with E-state index in [0.29, 0.717) is 16.8 Å². The van der Waals surface area contributed by atoms with Crippen LogP contribution in [0, 0.1) is 16.0 Å². The van der Waals surface area contributed by atoms with Crippen molar-refractivity contribution in [2.75, 3.05) is 12.4 Å². The van der Waals surface area contributed by atoms with Gasteiger partial charge in [0.15, 0.2) is 0 Å². The van der Waals surface area contributed by atoms with E-state index in [9.17, 15) is 32.9 Å². The van der Waals surface area contributed by atoms with Gasteiger partial charge in [0.1, 0.15) is 17.8 Å². The average molecular weight is 455 g/mol. The van der Waals surface area contributed by atoms with Gasteiger partial charge in [-0.15, -0.1) is 0 Å². The minimum atomic E-state index is -4.74. The fourth-order valence-electron chi connectivity index (χ4n) is 2.20. The molecule has 29 heavy (non-hydrogen) atoms. The first-order valence-electron chi connectivity index (χ1n) is 7.56. The van der Waals surface area contributed by atoms with Crippen molar-refractivity contribution in [2.45, 2.75) is 13.1 Å². The largest absolute Gasteiger partial charge is 0.468 e. The number of amides is 1. The Morgan fingerprint density at radius 2 is 1.86 bits per heavy atom. The van der Waals surface area contributed by atoms with E-state index in [1.54, 1.807) is 0 Å². The smallest absolute Gasteiger partial charge is 0.416 e. The van der Waals surface area contributed by atoms with Crippen LogP contribution in [0.25, 0.3) is 5.69 Å². The van der Waals surface area contributed by atoms with E-state index in [-0.39, 0.29) is 5.69 Å². The molecule has 1 atom stereocenters. The van der Waals surface area contributed by atoms with Crippen LogP contribution in [-0.2, 0) is 20.5 Å². The zero-order valence-corrected chi connectivity index (χ0v) is 16.1. The van der Waals surface area contributed by atoms with Crippen molar-refractivity contribution in [2.24, 2.45) is 5.92 Å². The molecule has 1 N–H and O–H groups in total. The Balaban J connectivity index is 2.60. The molecule has 1 aromatic carbocycles. The molecule has 1 aromatic heterocycles. The number of hydrogen-bond acceptors (Lipinski definition) is 6. The predicted octanol–water partition coefficient (Wildman–Crippen LogP) is 3.85. The van der Waals surface area contributed by atoms with Crippen molar-refractivity contribution in [1.29, 1.82) is 0 Å². The topological polar surface area (TPSA) is 116 Å². The number of nitro groups is 1. The number of nitrogens with one attached hydrogen (secondary N) is 1. The Kier molecular flexibility index (Phi) is 6.38. The lowest BCUT2D eigenvalue weighted by Crippen LogP contribution is -2.29. The summed E-state index contributed by atoms with van der Waals surface area (Å²) < 4.78 is 43.9. The second-order valence-corrected chi connectivity index (χ2v) is 6.38. The molecule has 0 aliphatic rings. The summed E-state index contributed by atoms with van der Waals surface area (Å²) in [6, 6.07) is 1.11. The number of carbonyl (C=O) groups is 2. The van der Waals surface area contributed by atoms with Gasteiger partial charge in [-0.05, 0) is 19.1 Å². The van der Waals surface area contributed by atoms with Crippen molar-refractivity contribution < 1.29 is 32.4 Å². The molecule has 0 aliphatic heterocycles. The number of nitrogens with zero attached hydrogens (tertiary/aromatic N) is 3. The second kappa shape index (κ2) is 8.25. The zero-order chi connectivity index (χ0) is 22.1. The summed E-state index contributed by atoms with van der Waals surface area (Å²) >= 11 is 11.8. The molecule has 0 fully saturated rings. The fourth-order valence-corrected chi connectivity index (χ4v) is 2.85. The van der Waals surface area contributed by atoms with Crippen LogP contribution in [0.3, 0.4) is 0 Å². The third kappa shape index (κ3) is 4.59. The van der Waals surface area contributed by atoms with Crippen LogP contribution >= 0.6 is 23.2 Å². The van der Waals surface area contributed by atoms with Crippen LogP contribution in [0.4, 0.5) is 24.7 Å². The maximum atomic E-state index is 12.9. The Hall–Kier alpha value is -2.86. The molecule has 0 spiro atoms. The van der Waals surface area contributed by atoms with Crippen LogP contribution < -0.4 is 5.32 Å². The monoisotopic (exact) mass is 454 g/mol. The number of methoxy groups -OCH3 is 1. The van der Waals surface area contributed by atoms with Crippen molar-refractivity contribution in [1.82, 2.24) is 9.78 Å². The summed E-state index contributed by atoms with van der Waals surface area (Å²) in [7, 11) is 1.04. The van der Waals surface area contributed by atoms with Gasteiger partial charge in [0.25, 0.3) is 0 Å². The summed E-state index contributed by atoms with van der Waals surface area (Å²) in [5, 5.41) is 16.0. The number of anilines is 1. The minimum Gasteiger partial charge on any atom is -0.468 e. The lowest BCUT2D eigenvalue weighted by molar-refractivity contribution is -0.384. The third-order valence-corrected chi connectivity index (χ3v) is 4.27. The van der Waals surface area contributed by atoms with Crippen LogP contribution in [0.15, 0.2) is 18.3 Å². The molecule has 0 saturated heterocycles. The first-order chi connectivity index (χ1) is 13.4. The highest BCUT2D eigenvalue weighted by molar-refractivity contribution is 6.38. The van der Waals surface area contributed by atoms with Crippen LogP contribution in [-0.4, -0.2) is 33.7 Å². The number of ether oxygens (including phenoxy) is 1. The highest BCUT2D eigenvalue weighted by atomic mass is 35.5. The molecule has 1 heterocycles. The molecule has 0 bridgehead atoms. The molecule has 0 radical (unpaired) electrons. The minimum absolute atomic E-state index is 0.338. The molecule has 0 aliphatic carbocycles. The second-order valence-electron chi connectivity index (χ2n) is 5.57. The Morgan fingerprint density at radius 3 is 2.31 bits per heavy atom. The van der Waals surface area contributed by atoms with E-state index in [1.165, 1.54) is 6.92 Å². The summed E-state index contributed by atoms with van der Waals surface area (Å²) in [6.45, 7) is 1.19. The van der Waals surface area contributed by atoms with Crippen LogP contribution in [0.1, 0.15) is 12.5 Å². The Bertz CT molecular complexity index is 970. The molecular weight excluding hydrogens is 444 g/mol. The van der Waals surface area contributed by atoms with Gasteiger partial charge in [0.2, 0.25) is 11.7 Å². The maximum absolute atomic E-state index is 12.9.